The Balaban J connectivity index is 1.02. The molecule has 0 saturated carbocycles. The van der Waals surface area contributed by atoms with Crippen LogP contribution < -0.4 is 16.0 Å². The number of hydrogen-bond donors (Lipinski definition) is 3. The van der Waals surface area contributed by atoms with Crippen LogP contribution in [-0.2, 0) is 61.5 Å². The zero-order valence-corrected chi connectivity index (χ0v) is 33.7. The van der Waals surface area contributed by atoms with Gasteiger partial charge in [0.1, 0.15) is 19.0 Å². The molecule has 320 valence electrons. The van der Waals surface area contributed by atoms with Crippen LogP contribution in [0.5, 0.6) is 0 Å². The van der Waals surface area contributed by atoms with Crippen LogP contribution in [-0.4, -0.2) is 117 Å². The molecular weight excluding hydrogens is 781 g/mol. The molecule has 6 amide bonds. The number of ketones is 1. The number of amides is 6. The second-order valence-corrected chi connectivity index (χ2v) is 14.4. The first kappa shape index (κ1) is 45.1. The quantitative estimate of drug-likeness (QED) is 0.0937. The molecule has 1 aliphatic heterocycles. The molecule has 2 aliphatic rings. The summed E-state index contributed by atoms with van der Waals surface area (Å²) in [7, 11) is 0. The average molecular weight is 832 g/mol. The predicted molar refractivity (Wildman–Crippen MR) is 214 cm³/mol. The number of hydrogen-bond acceptors (Lipinski definition) is 11. The zero-order valence-electron chi connectivity index (χ0n) is 33.7. The van der Waals surface area contributed by atoms with E-state index in [1.165, 1.54) is 36.1 Å². The van der Waals surface area contributed by atoms with Gasteiger partial charge in [0.2, 0.25) is 29.2 Å². The van der Waals surface area contributed by atoms with Crippen molar-refractivity contribution in [3.8, 4) is 0 Å². The lowest BCUT2D eigenvalue weighted by Gasteiger charge is -2.31. The fourth-order valence-corrected chi connectivity index (χ4v) is 6.79. The van der Waals surface area contributed by atoms with Crippen LogP contribution in [0.1, 0.15) is 60.2 Å². The number of imide groups is 1. The van der Waals surface area contributed by atoms with E-state index in [1.807, 2.05) is 6.07 Å². The van der Waals surface area contributed by atoms with E-state index in [0.29, 0.717) is 42.0 Å². The summed E-state index contributed by atoms with van der Waals surface area (Å²) in [5.74, 6) is -2.92. The van der Waals surface area contributed by atoms with Gasteiger partial charge in [-0.3, -0.25) is 28.8 Å². The van der Waals surface area contributed by atoms with Crippen molar-refractivity contribution >= 4 is 47.1 Å². The van der Waals surface area contributed by atoms with Crippen LogP contribution in [0.15, 0.2) is 72.8 Å². The maximum atomic E-state index is 13.9. The normalized spacial score (nSPS) is 15.9. The molecule has 2 atom stereocenters. The highest BCUT2D eigenvalue weighted by Gasteiger charge is 2.58. The molecule has 60 heavy (non-hydrogen) atoms. The van der Waals surface area contributed by atoms with E-state index in [1.54, 1.807) is 49.4 Å². The molecule has 5 rings (SSSR count). The van der Waals surface area contributed by atoms with Crippen LogP contribution in [0.3, 0.4) is 0 Å². The van der Waals surface area contributed by atoms with Gasteiger partial charge < -0.3 is 39.8 Å². The molecule has 1 aliphatic carbocycles. The highest BCUT2D eigenvalue weighted by Crippen LogP contribution is 2.46. The summed E-state index contributed by atoms with van der Waals surface area (Å²) in [6.45, 7) is 3.95. The van der Waals surface area contributed by atoms with Gasteiger partial charge in [-0.1, -0.05) is 48.5 Å². The molecule has 3 N–H and O–H groups in total. The zero-order chi connectivity index (χ0) is 43.1. The molecule has 1 saturated heterocycles. The van der Waals surface area contributed by atoms with Crippen molar-refractivity contribution in [3.05, 3.63) is 101 Å². The van der Waals surface area contributed by atoms with E-state index < -0.39 is 47.8 Å². The minimum Gasteiger partial charge on any atom is -0.427 e. The van der Waals surface area contributed by atoms with E-state index in [2.05, 4.69) is 16.0 Å². The Hall–Kier alpha value is -6.04. The second-order valence-electron chi connectivity index (χ2n) is 14.4. The van der Waals surface area contributed by atoms with Crippen molar-refractivity contribution < 1.29 is 56.9 Å². The van der Waals surface area contributed by atoms with Gasteiger partial charge in [-0.05, 0) is 48.7 Å². The van der Waals surface area contributed by atoms with Gasteiger partial charge in [0.05, 0.1) is 33.0 Å². The number of anilines is 1. The van der Waals surface area contributed by atoms with Crippen molar-refractivity contribution in [1.82, 2.24) is 20.4 Å². The molecule has 3 aromatic rings. The molecule has 0 aromatic heterocycles. The summed E-state index contributed by atoms with van der Waals surface area (Å²) in [5, 5.41) is 8.11. The van der Waals surface area contributed by atoms with Gasteiger partial charge in [-0.2, -0.15) is 0 Å². The van der Waals surface area contributed by atoms with E-state index in [9.17, 15) is 38.0 Å². The van der Waals surface area contributed by atoms with Crippen molar-refractivity contribution in [2.45, 2.75) is 57.7 Å². The maximum absolute atomic E-state index is 13.9. The van der Waals surface area contributed by atoms with Crippen LogP contribution in [0.4, 0.5) is 14.9 Å². The van der Waals surface area contributed by atoms with Crippen LogP contribution in [0, 0.1) is 5.82 Å². The Kier molecular flexibility index (Phi) is 16.4. The minimum atomic E-state index is -1.60. The smallest absolute Gasteiger partial charge is 0.418 e. The lowest BCUT2D eigenvalue weighted by molar-refractivity contribution is -0.143. The number of carbonyl (C=O) groups excluding carboxylic acids is 7. The summed E-state index contributed by atoms with van der Waals surface area (Å²) in [4.78, 5) is 91.6. The van der Waals surface area contributed by atoms with Gasteiger partial charge >= 0.3 is 6.09 Å². The van der Waals surface area contributed by atoms with Crippen LogP contribution >= 0.6 is 0 Å². The fraction of sp³-hybridized carbons (Fsp3) is 0.419. The molecule has 0 bridgehead atoms. The third kappa shape index (κ3) is 12.5. The first-order valence-corrected chi connectivity index (χ1v) is 19.7. The summed E-state index contributed by atoms with van der Waals surface area (Å²) >= 11 is 0. The second kappa shape index (κ2) is 21.8. The highest BCUT2D eigenvalue weighted by atomic mass is 19.1. The van der Waals surface area contributed by atoms with Crippen molar-refractivity contribution in [1.29, 1.82) is 0 Å². The Morgan fingerprint density at radius 3 is 2.23 bits per heavy atom. The number of aryl methyl sites for hydroxylation is 1. The summed E-state index contributed by atoms with van der Waals surface area (Å²) < 4.78 is 35.6. The number of halogens is 1. The molecule has 16 nitrogen and oxygen atoms in total. The molecule has 0 unspecified atom stereocenters. The maximum Gasteiger partial charge on any atom is 0.418 e. The standard InChI is InChI=1S/C43H50FN5O11/c1-29(25-46-39(53)15-14-38(52)45-18-19-57-20-21-58-22-23-59-28-37(51)32-6-4-3-5-7-32)48(26-31-8-10-34(44)11-9-31)40(54)27-49-41(55)43(60-42(49)56)17-16-33-24-35(47-30(2)50)12-13-36(33)43/h3-13,24,29H,14-23,25-28H2,1-2H3,(H,45,52)(H,46,53)(H,47,50)/t29-,43+/m0/s1. The fourth-order valence-electron chi connectivity index (χ4n) is 6.79. The molecule has 1 heterocycles. The summed E-state index contributed by atoms with van der Waals surface area (Å²) in [6, 6.07) is 18.7. The minimum absolute atomic E-state index is 0.0183. The SMILES string of the molecule is CC(=O)Nc1ccc2c(c1)CC[C@@]21OC(=O)N(CC(=O)N(Cc2ccc(F)cc2)[C@@H](C)CNC(=O)CCC(=O)NCCOCCOCCOCC(=O)c2ccccc2)C1=O. The van der Waals surface area contributed by atoms with Crippen molar-refractivity contribution in [2.75, 3.05) is 64.6 Å². The number of fused-ring (bicyclic) bond motifs is 2. The van der Waals surface area contributed by atoms with Crippen molar-refractivity contribution in [3.63, 3.8) is 0 Å². The number of Topliss-reactive ketones (excluding diaryl/α,β-unsaturated/α-hetero) is 1. The van der Waals surface area contributed by atoms with Crippen molar-refractivity contribution in [2.24, 2.45) is 0 Å². The Morgan fingerprint density at radius 1 is 0.867 bits per heavy atom. The number of ether oxygens (including phenoxy) is 4. The lowest BCUT2D eigenvalue weighted by atomic mass is 9.94. The topological polar surface area (TPSA) is 199 Å². The summed E-state index contributed by atoms with van der Waals surface area (Å²) in [5.41, 5.74) is 1.32. The molecule has 17 heteroatoms. The Morgan fingerprint density at radius 2 is 1.53 bits per heavy atom. The number of carbonyl (C=O) groups is 7. The monoisotopic (exact) mass is 831 g/mol. The lowest BCUT2D eigenvalue weighted by Crippen LogP contribution is -2.50. The first-order chi connectivity index (χ1) is 28.9. The Bertz CT molecular complexity index is 2020. The number of nitrogens with zero attached hydrogens (tertiary/aromatic N) is 2. The predicted octanol–water partition coefficient (Wildman–Crippen LogP) is 3.27. The Labute approximate surface area is 347 Å². The molecular formula is C43H50FN5O11. The van der Waals surface area contributed by atoms with E-state index in [0.717, 1.165) is 10.5 Å². The molecule has 0 radical (unpaired) electrons. The molecule has 1 fully saturated rings. The van der Waals surface area contributed by atoms with E-state index >= 15 is 0 Å². The summed E-state index contributed by atoms with van der Waals surface area (Å²) in [6.07, 6.45) is -0.608. The van der Waals surface area contributed by atoms with Gasteiger partial charge in [0.25, 0.3) is 5.91 Å². The third-order valence-corrected chi connectivity index (χ3v) is 9.91. The van der Waals surface area contributed by atoms with E-state index in [-0.39, 0.29) is 82.9 Å². The van der Waals surface area contributed by atoms with Crippen LogP contribution in [0.25, 0.3) is 0 Å². The largest absolute Gasteiger partial charge is 0.427 e. The number of nitrogens with one attached hydrogen (secondary N) is 3. The number of benzene rings is 3. The van der Waals surface area contributed by atoms with E-state index in [4.69, 9.17) is 18.9 Å². The van der Waals surface area contributed by atoms with Gasteiger partial charge in [-0.15, -0.1) is 0 Å². The van der Waals surface area contributed by atoms with Crippen LogP contribution in [0.2, 0.25) is 0 Å². The first-order valence-electron chi connectivity index (χ1n) is 19.7. The average Bonchev–Trinajstić information content (AvgIpc) is 3.71. The van der Waals surface area contributed by atoms with Gasteiger partial charge in [0.15, 0.2) is 5.78 Å². The molecule has 1 spiro atoms. The van der Waals surface area contributed by atoms with Gasteiger partial charge in [-0.25, -0.2) is 14.1 Å². The van der Waals surface area contributed by atoms with Gasteiger partial charge in [0, 0.05) is 68.7 Å². The molecule has 3 aromatic carbocycles. The number of rotatable bonds is 23. The third-order valence-electron chi connectivity index (χ3n) is 9.91. The highest BCUT2D eigenvalue weighted by molar-refractivity contribution is 6.06.